The highest BCUT2D eigenvalue weighted by molar-refractivity contribution is 7.10. The number of guanidine groups is 1. The van der Waals surface area contributed by atoms with Crippen LogP contribution in [0.4, 0.5) is 0 Å². The van der Waals surface area contributed by atoms with Crippen molar-refractivity contribution in [1.29, 1.82) is 0 Å². The maximum Gasteiger partial charge on any atom is 0.309 e. The van der Waals surface area contributed by atoms with Gasteiger partial charge in [0.25, 0.3) is 0 Å². The maximum atomic E-state index is 12.6. The Kier molecular flexibility index (Phi) is 7.30. The van der Waals surface area contributed by atoms with Gasteiger partial charge in [-0.05, 0) is 50.1 Å². The third-order valence-electron chi connectivity index (χ3n) is 5.27. The predicted octanol–water partition coefficient (Wildman–Crippen LogP) is 1.87. The highest BCUT2D eigenvalue weighted by Crippen LogP contribution is 2.24. The van der Waals surface area contributed by atoms with Crippen molar-refractivity contribution in [1.82, 2.24) is 15.1 Å². The van der Waals surface area contributed by atoms with Crippen LogP contribution in [0.1, 0.15) is 37.1 Å². The van der Waals surface area contributed by atoms with E-state index in [0.717, 1.165) is 51.4 Å². The molecule has 1 amide bonds. The monoisotopic (exact) mass is 406 g/mol. The van der Waals surface area contributed by atoms with Gasteiger partial charge in [-0.15, -0.1) is 11.3 Å². The summed E-state index contributed by atoms with van der Waals surface area (Å²) in [5.74, 6) is 0.686. The number of amides is 1. The van der Waals surface area contributed by atoms with Crippen molar-refractivity contribution in [2.24, 2.45) is 10.9 Å². The number of esters is 1. The quantitative estimate of drug-likeness (QED) is 0.459. The summed E-state index contributed by atoms with van der Waals surface area (Å²) in [6.07, 6.45) is 2.44. The van der Waals surface area contributed by atoms with Crippen LogP contribution in [0.2, 0.25) is 0 Å². The fraction of sp³-hybridized carbons (Fsp3) is 0.650. The minimum absolute atomic E-state index is 0.0335. The number of piperidine rings is 1. The number of likely N-dealkylation sites (tertiary alicyclic amines) is 1. The maximum absolute atomic E-state index is 12.6. The average molecular weight is 407 g/mol. The molecular weight excluding hydrogens is 376 g/mol. The van der Waals surface area contributed by atoms with E-state index in [1.54, 1.807) is 11.3 Å². The molecule has 1 aromatic heterocycles. The molecule has 0 aromatic carbocycles. The first-order chi connectivity index (χ1) is 13.6. The summed E-state index contributed by atoms with van der Waals surface area (Å²) < 4.78 is 5.14. The number of ether oxygens (including phenoxy) is 1. The van der Waals surface area contributed by atoms with Gasteiger partial charge in [0.15, 0.2) is 5.96 Å². The predicted molar refractivity (Wildman–Crippen MR) is 110 cm³/mol. The lowest BCUT2D eigenvalue weighted by Gasteiger charge is -2.33. The molecule has 28 heavy (non-hydrogen) atoms. The normalized spacial score (nSPS) is 18.0. The molecule has 8 heteroatoms. The zero-order valence-corrected chi connectivity index (χ0v) is 17.6. The van der Waals surface area contributed by atoms with Crippen LogP contribution in [0.5, 0.6) is 0 Å². The Morgan fingerprint density at radius 1 is 1.25 bits per heavy atom. The summed E-state index contributed by atoms with van der Waals surface area (Å²) >= 11 is 1.77. The SMILES string of the molecule is CCNC(=NCC(=O)N1CCc2sccc2C1)N1CCC(C(=O)OCC)CC1. The molecule has 0 aliphatic carbocycles. The highest BCUT2D eigenvalue weighted by atomic mass is 32.1. The number of hydrogen-bond donors (Lipinski definition) is 1. The largest absolute Gasteiger partial charge is 0.466 e. The van der Waals surface area contributed by atoms with E-state index in [0.29, 0.717) is 13.2 Å². The third-order valence-corrected chi connectivity index (χ3v) is 6.30. The fourth-order valence-electron chi connectivity index (χ4n) is 3.72. The molecule has 1 aromatic rings. The smallest absolute Gasteiger partial charge is 0.309 e. The summed E-state index contributed by atoms with van der Waals surface area (Å²) in [4.78, 5) is 34.6. The van der Waals surface area contributed by atoms with Gasteiger partial charge in [0, 0.05) is 37.6 Å². The lowest BCUT2D eigenvalue weighted by Crippen LogP contribution is -2.47. The molecule has 154 valence electrons. The molecular formula is C20H30N4O3S. The molecule has 7 nitrogen and oxygen atoms in total. The molecule has 3 rings (SSSR count). The van der Waals surface area contributed by atoms with Crippen LogP contribution in [0.25, 0.3) is 0 Å². The number of hydrogen-bond acceptors (Lipinski definition) is 5. The Hall–Kier alpha value is -2.09. The van der Waals surface area contributed by atoms with E-state index in [4.69, 9.17) is 4.74 Å². The summed E-state index contributed by atoms with van der Waals surface area (Å²) in [6, 6.07) is 2.11. The van der Waals surface area contributed by atoms with Gasteiger partial charge in [0.1, 0.15) is 6.54 Å². The van der Waals surface area contributed by atoms with Crippen molar-refractivity contribution in [3.8, 4) is 0 Å². The average Bonchev–Trinajstić information content (AvgIpc) is 3.19. The van der Waals surface area contributed by atoms with Gasteiger partial charge in [0.2, 0.25) is 5.91 Å². The van der Waals surface area contributed by atoms with Gasteiger partial charge in [-0.2, -0.15) is 0 Å². The number of fused-ring (bicyclic) bond motifs is 1. The van der Waals surface area contributed by atoms with E-state index in [1.165, 1.54) is 10.4 Å². The Balaban J connectivity index is 1.54. The van der Waals surface area contributed by atoms with Crippen LogP contribution < -0.4 is 5.32 Å². The molecule has 1 fully saturated rings. The number of aliphatic imine (C=N–C) groups is 1. The van der Waals surface area contributed by atoms with Crippen LogP contribution in [0.15, 0.2) is 16.4 Å². The lowest BCUT2D eigenvalue weighted by atomic mass is 9.97. The first-order valence-electron chi connectivity index (χ1n) is 10.1. The second-order valence-electron chi connectivity index (χ2n) is 7.12. The van der Waals surface area contributed by atoms with Crippen LogP contribution in [0, 0.1) is 5.92 Å². The molecule has 0 atom stereocenters. The highest BCUT2D eigenvalue weighted by Gasteiger charge is 2.28. The first kappa shape index (κ1) is 20.6. The van der Waals surface area contributed by atoms with Gasteiger partial charge in [-0.1, -0.05) is 0 Å². The second-order valence-corrected chi connectivity index (χ2v) is 8.12. The first-order valence-corrected chi connectivity index (χ1v) is 11.0. The number of thiophene rings is 1. The number of carbonyl (C=O) groups excluding carboxylic acids is 2. The fourth-order valence-corrected chi connectivity index (χ4v) is 4.61. The summed E-state index contributed by atoms with van der Waals surface area (Å²) in [5.41, 5.74) is 1.27. The standard InChI is InChI=1S/C20H30N4O3S/c1-3-21-20(23-9-5-15(6-10-23)19(26)27-4-2)22-13-18(25)24-11-7-17-16(14-24)8-12-28-17/h8,12,15H,3-7,9-11,13-14H2,1-2H3,(H,21,22). The Morgan fingerprint density at radius 3 is 2.75 bits per heavy atom. The minimum atomic E-state index is -0.0998. The van der Waals surface area contributed by atoms with Crippen molar-refractivity contribution in [3.63, 3.8) is 0 Å². The molecule has 2 aliphatic heterocycles. The zero-order valence-electron chi connectivity index (χ0n) is 16.8. The van der Waals surface area contributed by atoms with Crippen molar-refractivity contribution in [3.05, 3.63) is 21.9 Å². The van der Waals surface area contributed by atoms with Gasteiger partial charge in [0.05, 0.1) is 12.5 Å². The molecule has 0 bridgehead atoms. The molecule has 0 spiro atoms. The van der Waals surface area contributed by atoms with Gasteiger partial charge in [-0.3, -0.25) is 9.59 Å². The Bertz CT molecular complexity index is 710. The third kappa shape index (κ3) is 5.04. The topological polar surface area (TPSA) is 74.2 Å². The van der Waals surface area contributed by atoms with Crippen LogP contribution in [-0.4, -0.2) is 67.0 Å². The van der Waals surface area contributed by atoms with Crippen molar-refractivity contribution < 1.29 is 14.3 Å². The molecule has 0 radical (unpaired) electrons. The van der Waals surface area contributed by atoms with Gasteiger partial charge < -0.3 is 19.9 Å². The number of rotatable bonds is 5. The number of nitrogens with one attached hydrogen (secondary N) is 1. The molecule has 2 aliphatic rings. The van der Waals surface area contributed by atoms with Crippen LogP contribution in [0.3, 0.4) is 0 Å². The van der Waals surface area contributed by atoms with E-state index in [-0.39, 0.29) is 24.3 Å². The summed E-state index contributed by atoms with van der Waals surface area (Å²) in [6.45, 7) is 8.11. The minimum Gasteiger partial charge on any atom is -0.466 e. The van der Waals surface area contributed by atoms with Crippen molar-refractivity contribution in [2.75, 3.05) is 39.3 Å². The number of nitrogens with zero attached hydrogens (tertiary/aromatic N) is 3. The number of carbonyl (C=O) groups is 2. The van der Waals surface area contributed by atoms with E-state index < -0.39 is 0 Å². The van der Waals surface area contributed by atoms with E-state index >= 15 is 0 Å². The lowest BCUT2D eigenvalue weighted by molar-refractivity contribution is -0.149. The Morgan fingerprint density at radius 2 is 2.04 bits per heavy atom. The summed E-state index contributed by atoms with van der Waals surface area (Å²) in [5, 5.41) is 5.38. The molecule has 0 saturated carbocycles. The molecule has 1 saturated heterocycles. The zero-order chi connectivity index (χ0) is 19.9. The van der Waals surface area contributed by atoms with Gasteiger partial charge in [-0.25, -0.2) is 4.99 Å². The summed E-state index contributed by atoms with van der Waals surface area (Å²) in [7, 11) is 0. The van der Waals surface area contributed by atoms with Gasteiger partial charge >= 0.3 is 5.97 Å². The van der Waals surface area contributed by atoms with E-state index in [2.05, 4.69) is 26.7 Å². The second kappa shape index (κ2) is 9.91. The molecule has 0 unspecified atom stereocenters. The van der Waals surface area contributed by atoms with Crippen molar-refractivity contribution in [2.45, 2.75) is 39.7 Å². The van der Waals surface area contributed by atoms with Crippen molar-refractivity contribution >= 4 is 29.2 Å². The van der Waals surface area contributed by atoms with E-state index in [1.807, 2.05) is 18.7 Å². The van der Waals surface area contributed by atoms with Crippen LogP contribution in [-0.2, 0) is 27.3 Å². The molecule has 3 heterocycles. The molecule has 1 N–H and O–H groups in total. The van der Waals surface area contributed by atoms with E-state index in [9.17, 15) is 9.59 Å². The van der Waals surface area contributed by atoms with Crippen LogP contribution >= 0.6 is 11.3 Å². The Labute approximate surface area is 170 Å².